The molecular weight excluding hydrogens is 455 g/mol. The van der Waals surface area contributed by atoms with E-state index in [0.29, 0.717) is 28.9 Å². The highest BCUT2D eigenvalue weighted by atomic mass is 19.1. The number of methoxy groups -OCH3 is 1. The Morgan fingerprint density at radius 1 is 1.26 bits per heavy atom. The minimum atomic E-state index is -0.678. The maximum atomic E-state index is 14.3. The van der Waals surface area contributed by atoms with Crippen molar-refractivity contribution in [2.24, 2.45) is 0 Å². The average Bonchev–Trinajstić information content (AvgIpc) is 3.51. The highest BCUT2D eigenvalue weighted by Gasteiger charge is 2.26. The Bertz CT molecular complexity index is 1220. The van der Waals surface area contributed by atoms with Gasteiger partial charge >= 0.3 is 6.09 Å². The highest BCUT2D eigenvalue weighted by molar-refractivity contribution is 5.83. The molecule has 1 aliphatic rings. The van der Waals surface area contributed by atoms with E-state index in [2.05, 4.69) is 20.4 Å². The number of nitrogens with one attached hydrogen (secondary N) is 1. The van der Waals surface area contributed by atoms with E-state index >= 15 is 0 Å². The van der Waals surface area contributed by atoms with Crippen LogP contribution < -0.4 is 15.8 Å². The number of ether oxygens (including phenoxy) is 3. The first-order valence-electron chi connectivity index (χ1n) is 11.2. The van der Waals surface area contributed by atoms with Crippen LogP contribution in [0.4, 0.5) is 20.7 Å². The summed E-state index contributed by atoms with van der Waals surface area (Å²) in [5, 5.41) is 7.05. The Kier molecular flexibility index (Phi) is 6.88. The number of benzene rings is 1. The average molecular weight is 485 g/mol. The molecule has 2 aromatic heterocycles. The maximum absolute atomic E-state index is 14.3. The van der Waals surface area contributed by atoms with E-state index in [1.807, 2.05) is 10.7 Å². The van der Waals surface area contributed by atoms with Crippen molar-refractivity contribution < 1.29 is 23.4 Å². The van der Waals surface area contributed by atoms with Gasteiger partial charge in [-0.2, -0.15) is 5.10 Å². The Morgan fingerprint density at radius 3 is 2.71 bits per heavy atom. The molecule has 1 saturated carbocycles. The number of nitrogens with zero attached hydrogens (tertiary/aromatic N) is 4. The molecule has 0 aliphatic heterocycles. The number of hydrogen-bond acceptors (Lipinski definition) is 8. The van der Waals surface area contributed by atoms with Gasteiger partial charge in [-0.05, 0) is 63.4 Å². The number of anilines is 2. The molecule has 3 aromatic rings. The van der Waals surface area contributed by atoms with Gasteiger partial charge in [-0.15, -0.1) is 0 Å². The minimum Gasteiger partial charge on any atom is -0.494 e. The lowest BCUT2D eigenvalue weighted by Gasteiger charge is -2.19. The molecule has 35 heavy (non-hydrogen) atoms. The predicted octanol–water partition coefficient (Wildman–Crippen LogP) is 4.47. The van der Waals surface area contributed by atoms with Crippen LogP contribution in [0.1, 0.15) is 50.9 Å². The van der Waals surface area contributed by atoms with Crippen LogP contribution in [0.2, 0.25) is 0 Å². The lowest BCUT2D eigenvalue weighted by atomic mass is 10.1. The van der Waals surface area contributed by atoms with Crippen LogP contribution in [0.25, 0.3) is 11.4 Å². The van der Waals surface area contributed by atoms with Crippen molar-refractivity contribution in [3.63, 3.8) is 0 Å². The third-order valence-electron chi connectivity index (χ3n) is 5.11. The Hall–Kier alpha value is -3.73. The van der Waals surface area contributed by atoms with Crippen LogP contribution in [-0.2, 0) is 22.7 Å². The largest absolute Gasteiger partial charge is 0.494 e. The number of nitrogens with two attached hydrogens (primary N) is 1. The Labute approximate surface area is 202 Å². The van der Waals surface area contributed by atoms with Crippen LogP contribution in [0.5, 0.6) is 5.75 Å². The first-order valence-corrected chi connectivity index (χ1v) is 11.2. The molecule has 186 valence electrons. The van der Waals surface area contributed by atoms with E-state index in [0.717, 1.165) is 18.4 Å². The number of carbonyl (C=O) groups is 1. The maximum Gasteiger partial charge on any atom is 0.413 e. The molecule has 3 N–H and O–H groups in total. The SMILES string of the molecule is COc1c(N)cc(COCc2nc(NC(=O)OC(C)(C)C)ccc2F)cc1-c1ncn(C2CC2)n1. The standard InChI is InChI=1S/C24H29FN6O4/c1-24(2,3)35-23(32)29-20-8-7-17(25)19(28-20)12-34-11-14-9-16(21(33-4)18(26)10-14)22-27-13-31(30-22)15-5-6-15/h7-10,13,15H,5-6,11-12,26H2,1-4H3,(H,28,29,32). The topological polar surface area (TPSA) is 126 Å². The normalized spacial score (nSPS) is 13.5. The van der Waals surface area contributed by atoms with E-state index in [4.69, 9.17) is 19.9 Å². The van der Waals surface area contributed by atoms with Crippen molar-refractivity contribution in [1.29, 1.82) is 0 Å². The van der Waals surface area contributed by atoms with Crippen molar-refractivity contribution in [3.05, 3.63) is 47.7 Å². The number of pyridine rings is 1. The van der Waals surface area contributed by atoms with Crippen LogP contribution in [-0.4, -0.2) is 38.6 Å². The summed E-state index contributed by atoms with van der Waals surface area (Å²) < 4.78 is 32.5. The first-order chi connectivity index (χ1) is 16.6. The van der Waals surface area contributed by atoms with Crippen molar-refractivity contribution in [2.75, 3.05) is 18.2 Å². The first kappa shape index (κ1) is 24.4. The van der Waals surface area contributed by atoms with Crippen LogP contribution in [0.3, 0.4) is 0 Å². The molecule has 11 heteroatoms. The van der Waals surface area contributed by atoms with Gasteiger partial charge in [0.2, 0.25) is 0 Å². The molecule has 10 nitrogen and oxygen atoms in total. The third kappa shape index (κ3) is 6.24. The van der Waals surface area contributed by atoms with Gasteiger partial charge in [0.1, 0.15) is 29.3 Å². The number of hydrogen-bond donors (Lipinski definition) is 2. The summed E-state index contributed by atoms with van der Waals surface area (Å²) in [7, 11) is 1.54. The number of amides is 1. The quantitative estimate of drug-likeness (QED) is 0.449. The predicted molar refractivity (Wildman–Crippen MR) is 127 cm³/mol. The minimum absolute atomic E-state index is 0.0464. The molecular formula is C24H29FN6O4. The lowest BCUT2D eigenvalue weighted by Crippen LogP contribution is -2.27. The van der Waals surface area contributed by atoms with Crippen LogP contribution >= 0.6 is 0 Å². The van der Waals surface area contributed by atoms with Gasteiger partial charge in [-0.3, -0.25) is 5.32 Å². The van der Waals surface area contributed by atoms with E-state index in [1.54, 1.807) is 33.2 Å². The number of aromatic nitrogens is 4. The van der Waals surface area contributed by atoms with E-state index in [-0.39, 0.29) is 24.7 Å². The number of rotatable bonds is 8. The van der Waals surface area contributed by atoms with Gasteiger partial charge in [-0.1, -0.05) is 0 Å². The van der Waals surface area contributed by atoms with Crippen LogP contribution in [0.15, 0.2) is 30.6 Å². The molecule has 0 spiro atoms. The van der Waals surface area contributed by atoms with Gasteiger partial charge in [-0.25, -0.2) is 23.8 Å². The lowest BCUT2D eigenvalue weighted by molar-refractivity contribution is 0.0635. The van der Waals surface area contributed by atoms with Crippen LogP contribution in [0, 0.1) is 5.82 Å². The molecule has 2 heterocycles. The molecule has 0 radical (unpaired) electrons. The van der Waals surface area contributed by atoms with Gasteiger partial charge in [0.25, 0.3) is 0 Å². The monoisotopic (exact) mass is 484 g/mol. The van der Waals surface area contributed by atoms with E-state index in [1.165, 1.54) is 19.2 Å². The van der Waals surface area contributed by atoms with E-state index < -0.39 is 17.5 Å². The van der Waals surface area contributed by atoms with Gasteiger partial charge < -0.3 is 19.9 Å². The molecule has 0 unspecified atom stereocenters. The second-order valence-corrected chi connectivity index (χ2v) is 9.29. The van der Waals surface area contributed by atoms with Gasteiger partial charge in [0, 0.05) is 0 Å². The highest BCUT2D eigenvalue weighted by Crippen LogP contribution is 2.37. The number of nitrogen functional groups attached to an aromatic ring is 1. The zero-order chi connectivity index (χ0) is 25.2. The summed E-state index contributed by atoms with van der Waals surface area (Å²) >= 11 is 0. The fraction of sp³-hybridized carbons (Fsp3) is 0.417. The van der Waals surface area contributed by atoms with Crippen molar-refractivity contribution in [3.8, 4) is 17.1 Å². The molecule has 1 amide bonds. The summed E-state index contributed by atoms with van der Waals surface area (Å²) in [6.45, 7) is 5.25. The fourth-order valence-electron chi connectivity index (χ4n) is 3.43. The second-order valence-electron chi connectivity index (χ2n) is 9.29. The second kappa shape index (κ2) is 9.87. The molecule has 1 aromatic carbocycles. The summed E-state index contributed by atoms with van der Waals surface area (Å²) in [5.41, 5.74) is 7.39. The fourth-order valence-corrected chi connectivity index (χ4v) is 3.43. The number of halogens is 1. The third-order valence-corrected chi connectivity index (χ3v) is 5.11. The number of carbonyl (C=O) groups excluding carboxylic acids is 1. The van der Waals surface area contributed by atoms with Crippen molar-refractivity contribution in [2.45, 2.75) is 58.5 Å². The summed E-state index contributed by atoms with van der Waals surface area (Å²) in [6, 6.07) is 6.53. The van der Waals surface area contributed by atoms with Gasteiger partial charge in [0.05, 0.1) is 37.6 Å². The molecule has 0 saturated heterocycles. The van der Waals surface area contributed by atoms with Gasteiger partial charge in [0.15, 0.2) is 11.6 Å². The zero-order valence-corrected chi connectivity index (χ0v) is 20.2. The zero-order valence-electron chi connectivity index (χ0n) is 20.2. The van der Waals surface area contributed by atoms with Crippen molar-refractivity contribution >= 4 is 17.6 Å². The Morgan fingerprint density at radius 2 is 2.03 bits per heavy atom. The molecule has 4 rings (SSSR count). The molecule has 0 atom stereocenters. The molecule has 1 aliphatic carbocycles. The van der Waals surface area contributed by atoms with Crippen molar-refractivity contribution in [1.82, 2.24) is 19.7 Å². The molecule has 0 bridgehead atoms. The summed E-state index contributed by atoms with van der Waals surface area (Å²) in [6.07, 6.45) is 3.21. The molecule has 1 fully saturated rings. The summed E-state index contributed by atoms with van der Waals surface area (Å²) in [4.78, 5) is 20.5. The van der Waals surface area contributed by atoms with E-state index in [9.17, 15) is 9.18 Å². The Balaban J connectivity index is 1.44. The summed E-state index contributed by atoms with van der Waals surface area (Å²) in [5.74, 6) is 0.601. The smallest absolute Gasteiger partial charge is 0.413 e.